The van der Waals surface area contributed by atoms with Crippen molar-refractivity contribution in [1.29, 1.82) is 0 Å². The predicted octanol–water partition coefficient (Wildman–Crippen LogP) is 4.28. The Hall–Kier alpha value is -2.68. The number of anilines is 2. The van der Waals surface area contributed by atoms with Crippen LogP contribution in [0.15, 0.2) is 36.7 Å². The van der Waals surface area contributed by atoms with Gasteiger partial charge in [0.1, 0.15) is 17.9 Å². The van der Waals surface area contributed by atoms with Crippen LogP contribution in [0.25, 0.3) is 10.9 Å². The van der Waals surface area contributed by atoms with Gasteiger partial charge < -0.3 is 19.5 Å². The maximum absolute atomic E-state index is 13.5. The molecule has 0 aliphatic carbocycles. The number of hydrogen-bond donors (Lipinski definition) is 1. The van der Waals surface area contributed by atoms with Crippen molar-refractivity contribution >= 4 is 33.9 Å². The Kier molecular flexibility index (Phi) is 7.01. The largest absolute Gasteiger partial charge is 0.494 e. The van der Waals surface area contributed by atoms with Gasteiger partial charge in [0.05, 0.1) is 48.5 Å². The summed E-state index contributed by atoms with van der Waals surface area (Å²) in [5.74, 6) is 0.624. The number of nitrogens with one attached hydrogen (secondary N) is 1. The van der Waals surface area contributed by atoms with Gasteiger partial charge in [0, 0.05) is 31.4 Å². The van der Waals surface area contributed by atoms with Crippen LogP contribution in [0.5, 0.6) is 11.6 Å². The van der Waals surface area contributed by atoms with Crippen LogP contribution in [0.1, 0.15) is 6.42 Å². The Labute approximate surface area is 185 Å². The molecule has 2 aromatic carbocycles. The van der Waals surface area contributed by atoms with Crippen molar-refractivity contribution in [1.82, 2.24) is 14.9 Å². The number of hydrogen-bond acceptors (Lipinski definition) is 7. The summed E-state index contributed by atoms with van der Waals surface area (Å²) in [6, 6.07) is 8.11. The lowest BCUT2D eigenvalue weighted by Crippen LogP contribution is -2.37. The number of morpholine rings is 1. The number of methoxy groups -OCH3 is 1. The van der Waals surface area contributed by atoms with Crippen molar-refractivity contribution in [2.24, 2.45) is 0 Å². The van der Waals surface area contributed by atoms with Gasteiger partial charge in [-0.05, 0) is 30.7 Å². The zero-order valence-electron chi connectivity index (χ0n) is 17.2. The van der Waals surface area contributed by atoms with Crippen LogP contribution in [0.3, 0.4) is 0 Å². The van der Waals surface area contributed by atoms with E-state index >= 15 is 0 Å². The molecule has 7 nitrogen and oxygen atoms in total. The van der Waals surface area contributed by atoms with E-state index in [1.165, 1.54) is 18.5 Å². The SMILES string of the molecule is COc1cc2ncnc(OCCCN3CCOCC3)c2cc1Nc1ccc(F)c(Cl)c1. The maximum Gasteiger partial charge on any atom is 0.224 e. The Bertz CT molecular complexity index is 1050. The highest BCUT2D eigenvalue weighted by Gasteiger charge is 2.13. The van der Waals surface area contributed by atoms with Crippen LogP contribution in [-0.2, 0) is 4.74 Å². The molecule has 0 saturated carbocycles. The van der Waals surface area contributed by atoms with Crippen LogP contribution in [0, 0.1) is 5.82 Å². The number of fused-ring (bicyclic) bond motifs is 1. The van der Waals surface area contributed by atoms with Crippen molar-refractivity contribution in [3.63, 3.8) is 0 Å². The van der Waals surface area contributed by atoms with Crippen molar-refractivity contribution < 1.29 is 18.6 Å². The van der Waals surface area contributed by atoms with E-state index in [-0.39, 0.29) is 5.02 Å². The monoisotopic (exact) mass is 446 g/mol. The number of halogens is 2. The maximum atomic E-state index is 13.5. The molecule has 1 aliphatic heterocycles. The topological polar surface area (TPSA) is 68.7 Å². The van der Waals surface area contributed by atoms with Gasteiger partial charge in [-0.1, -0.05) is 11.6 Å². The fraction of sp³-hybridized carbons (Fsp3) is 0.364. The molecule has 164 valence electrons. The summed E-state index contributed by atoms with van der Waals surface area (Å²) in [5, 5.41) is 4.01. The van der Waals surface area contributed by atoms with Gasteiger partial charge in [0.2, 0.25) is 5.88 Å². The average Bonchev–Trinajstić information content (AvgIpc) is 2.79. The van der Waals surface area contributed by atoms with Crippen LogP contribution in [0.2, 0.25) is 5.02 Å². The van der Waals surface area contributed by atoms with Crippen molar-refractivity contribution in [3.05, 3.63) is 47.5 Å². The Morgan fingerprint density at radius 3 is 2.81 bits per heavy atom. The minimum Gasteiger partial charge on any atom is -0.494 e. The second-order valence-electron chi connectivity index (χ2n) is 7.16. The third kappa shape index (κ3) is 5.33. The third-order valence-corrected chi connectivity index (χ3v) is 5.37. The van der Waals surface area contributed by atoms with E-state index in [0.29, 0.717) is 35.1 Å². The molecule has 0 bridgehead atoms. The van der Waals surface area contributed by atoms with E-state index in [2.05, 4.69) is 20.2 Å². The lowest BCUT2D eigenvalue weighted by Gasteiger charge is -2.26. The minimum absolute atomic E-state index is 0.0392. The first-order valence-electron chi connectivity index (χ1n) is 10.1. The van der Waals surface area contributed by atoms with Crippen LogP contribution in [0.4, 0.5) is 15.8 Å². The summed E-state index contributed by atoms with van der Waals surface area (Å²) in [5.41, 5.74) is 2.01. The van der Waals surface area contributed by atoms with Gasteiger partial charge in [-0.25, -0.2) is 14.4 Å². The number of rotatable bonds is 8. The van der Waals surface area contributed by atoms with Crippen molar-refractivity contribution in [2.75, 3.05) is 51.9 Å². The second kappa shape index (κ2) is 10.1. The van der Waals surface area contributed by atoms with E-state index < -0.39 is 5.82 Å². The molecule has 0 radical (unpaired) electrons. The third-order valence-electron chi connectivity index (χ3n) is 5.08. The molecule has 1 aliphatic rings. The predicted molar refractivity (Wildman–Crippen MR) is 118 cm³/mol. The summed E-state index contributed by atoms with van der Waals surface area (Å²) in [7, 11) is 1.58. The highest BCUT2D eigenvalue weighted by molar-refractivity contribution is 6.31. The van der Waals surface area contributed by atoms with Crippen molar-refractivity contribution in [3.8, 4) is 11.6 Å². The van der Waals surface area contributed by atoms with Crippen LogP contribution in [-0.4, -0.2) is 61.4 Å². The van der Waals surface area contributed by atoms with Crippen LogP contribution < -0.4 is 14.8 Å². The molecule has 1 saturated heterocycles. The fourth-order valence-electron chi connectivity index (χ4n) is 3.45. The number of benzene rings is 2. The Morgan fingerprint density at radius 1 is 1.19 bits per heavy atom. The zero-order chi connectivity index (χ0) is 21.6. The summed E-state index contributed by atoms with van der Waals surface area (Å²) < 4.78 is 30.3. The number of aromatic nitrogens is 2. The van der Waals surface area contributed by atoms with Gasteiger partial charge in [-0.15, -0.1) is 0 Å². The normalized spacial score (nSPS) is 14.5. The summed E-state index contributed by atoms with van der Waals surface area (Å²) in [6.45, 7) is 4.99. The fourth-order valence-corrected chi connectivity index (χ4v) is 3.63. The lowest BCUT2D eigenvalue weighted by atomic mass is 10.2. The first-order chi connectivity index (χ1) is 15.1. The summed E-state index contributed by atoms with van der Waals surface area (Å²) >= 11 is 5.90. The zero-order valence-corrected chi connectivity index (χ0v) is 18.0. The highest BCUT2D eigenvalue weighted by atomic mass is 35.5. The molecule has 2 heterocycles. The van der Waals surface area contributed by atoms with E-state index in [4.69, 9.17) is 25.8 Å². The molecule has 0 amide bonds. The van der Waals surface area contributed by atoms with Crippen LogP contribution >= 0.6 is 11.6 Å². The standard InChI is InChI=1S/C22H24ClFN4O3/c1-29-21-13-19-16(12-20(21)27-15-3-4-18(24)17(23)11-15)22(26-14-25-19)31-8-2-5-28-6-9-30-10-7-28/h3-4,11-14,27H,2,5-10H2,1H3. The van der Waals surface area contributed by atoms with Crippen molar-refractivity contribution in [2.45, 2.75) is 6.42 Å². The summed E-state index contributed by atoms with van der Waals surface area (Å²) in [4.78, 5) is 11.0. The van der Waals surface area contributed by atoms with E-state index in [9.17, 15) is 4.39 Å². The Morgan fingerprint density at radius 2 is 2.03 bits per heavy atom. The molecule has 3 aromatic rings. The first kappa shape index (κ1) is 21.5. The quantitative estimate of drug-likeness (QED) is 0.518. The van der Waals surface area contributed by atoms with E-state index in [0.717, 1.165) is 44.7 Å². The van der Waals surface area contributed by atoms with E-state index in [1.807, 2.05) is 12.1 Å². The minimum atomic E-state index is -0.473. The number of nitrogens with zero attached hydrogens (tertiary/aromatic N) is 3. The molecule has 31 heavy (non-hydrogen) atoms. The van der Waals surface area contributed by atoms with Gasteiger partial charge in [0.15, 0.2) is 0 Å². The average molecular weight is 447 g/mol. The second-order valence-corrected chi connectivity index (χ2v) is 7.57. The highest BCUT2D eigenvalue weighted by Crippen LogP contribution is 2.35. The Balaban J connectivity index is 1.51. The molecular formula is C22H24ClFN4O3. The molecule has 0 unspecified atom stereocenters. The molecule has 9 heteroatoms. The smallest absolute Gasteiger partial charge is 0.224 e. The molecule has 1 aromatic heterocycles. The summed E-state index contributed by atoms with van der Waals surface area (Å²) in [6.07, 6.45) is 2.37. The lowest BCUT2D eigenvalue weighted by molar-refractivity contribution is 0.0357. The van der Waals surface area contributed by atoms with Gasteiger partial charge in [0.25, 0.3) is 0 Å². The molecule has 4 rings (SSSR count). The van der Waals surface area contributed by atoms with Gasteiger partial charge in [-0.3, -0.25) is 4.90 Å². The molecule has 0 atom stereocenters. The van der Waals surface area contributed by atoms with Gasteiger partial charge in [-0.2, -0.15) is 0 Å². The first-order valence-corrected chi connectivity index (χ1v) is 10.5. The molecule has 1 N–H and O–H groups in total. The molecule has 0 spiro atoms. The van der Waals surface area contributed by atoms with E-state index in [1.54, 1.807) is 13.2 Å². The number of ether oxygens (including phenoxy) is 3. The van der Waals surface area contributed by atoms with Gasteiger partial charge >= 0.3 is 0 Å². The molecular weight excluding hydrogens is 423 g/mol. The molecule has 1 fully saturated rings.